The lowest BCUT2D eigenvalue weighted by atomic mass is 10.0. The zero-order valence-corrected chi connectivity index (χ0v) is 20.4. The molecule has 0 bridgehead atoms. The molecule has 0 amide bonds. The standard InChI is InChI=1S/C22H23Cl2FN4O.2ClH/c23-18-2-1-15(11-19(18)24)13-26-17-5-7-28(8-6-17)9-10-29-21-12-16(25)14-27-20(21)3-4-22(29)30;;/h1-4,11-12,14,17,26H,5-10,13H2;2*1H. The van der Waals surface area contributed by atoms with Crippen molar-refractivity contribution in [2.75, 3.05) is 19.6 Å². The summed E-state index contributed by atoms with van der Waals surface area (Å²) in [6.07, 6.45) is 3.23. The SMILES string of the molecule is Cl.Cl.O=c1ccc2ncc(F)cc2n1CCN1CCC(NCc2ccc(Cl)c(Cl)c2)CC1. The lowest BCUT2D eigenvalue weighted by Gasteiger charge is -2.32. The molecule has 0 radical (unpaired) electrons. The molecule has 0 atom stereocenters. The van der Waals surface area contributed by atoms with Gasteiger partial charge in [0.2, 0.25) is 0 Å². The molecule has 1 aliphatic heterocycles. The van der Waals surface area contributed by atoms with Crippen molar-refractivity contribution in [3.05, 3.63) is 74.4 Å². The van der Waals surface area contributed by atoms with Gasteiger partial charge in [0.1, 0.15) is 5.82 Å². The van der Waals surface area contributed by atoms with Crippen molar-refractivity contribution in [2.45, 2.75) is 32.0 Å². The molecule has 1 N–H and O–H groups in total. The molecule has 4 rings (SSSR count). The van der Waals surface area contributed by atoms with Crippen molar-refractivity contribution in [3.63, 3.8) is 0 Å². The minimum absolute atomic E-state index is 0. The molecule has 2 aromatic heterocycles. The van der Waals surface area contributed by atoms with Gasteiger partial charge in [0.25, 0.3) is 5.56 Å². The molecule has 0 aliphatic carbocycles. The van der Waals surface area contributed by atoms with Crippen LogP contribution < -0.4 is 10.9 Å². The quantitative estimate of drug-likeness (QED) is 0.499. The van der Waals surface area contributed by atoms with Crippen LogP contribution in [-0.2, 0) is 13.1 Å². The Bertz CT molecular complexity index is 1100. The van der Waals surface area contributed by atoms with Gasteiger partial charge >= 0.3 is 0 Å². The van der Waals surface area contributed by atoms with Crippen molar-refractivity contribution in [1.29, 1.82) is 0 Å². The summed E-state index contributed by atoms with van der Waals surface area (Å²) >= 11 is 12.0. The predicted molar refractivity (Wildman–Crippen MR) is 133 cm³/mol. The predicted octanol–water partition coefficient (Wildman–Crippen LogP) is 4.94. The van der Waals surface area contributed by atoms with Gasteiger partial charge in [-0.15, -0.1) is 24.8 Å². The number of pyridine rings is 2. The first-order chi connectivity index (χ1) is 14.5. The van der Waals surface area contributed by atoms with Crippen LogP contribution in [0.15, 0.2) is 47.4 Å². The molecular formula is C22H25Cl4FN4O. The van der Waals surface area contributed by atoms with E-state index in [2.05, 4.69) is 15.2 Å². The molecule has 0 unspecified atom stereocenters. The van der Waals surface area contributed by atoms with Gasteiger partial charge in [-0.2, -0.15) is 0 Å². The van der Waals surface area contributed by atoms with Gasteiger partial charge in [0.15, 0.2) is 0 Å². The van der Waals surface area contributed by atoms with Crippen LogP contribution in [0.5, 0.6) is 0 Å². The highest BCUT2D eigenvalue weighted by Crippen LogP contribution is 2.23. The Kier molecular flexibility index (Phi) is 10.2. The van der Waals surface area contributed by atoms with Crippen molar-refractivity contribution in [1.82, 2.24) is 19.8 Å². The minimum atomic E-state index is -0.435. The highest BCUT2D eigenvalue weighted by atomic mass is 35.5. The molecule has 1 fully saturated rings. The number of rotatable bonds is 6. The summed E-state index contributed by atoms with van der Waals surface area (Å²) < 4.78 is 15.2. The Morgan fingerprint density at radius 3 is 2.50 bits per heavy atom. The first-order valence-corrected chi connectivity index (χ1v) is 10.8. The van der Waals surface area contributed by atoms with Crippen molar-refractivity contribution >= 4 is 59.0 Å². The van der Waals surface area contributed by atoms with Gasteiger partial charge in [-0.3, -0.25) is 9.78 Å². The molecule has 1 aromatic carbocycles. The summed E-state index contributed by atoms with van der Waals surface area (Å²) in [5, 5.41) is 4.73. The van der Waals surface area contributed by atoms with Crippen LogP contribution in [0.4, 0.5) is 4.39 Å². The van der Waals surface area contributed by atoms with Crippen LogP contribution in [0.3, 0.4) is 0 Å². The van der Waals surface area contributed by atoms with E-state index in [4.69, 9.17) is 23.2 Å². The zero-order chi connectivity index (χ0) is 21.1. The van der Waals surface area contributed by atoms with Gasteiger partial charge < -0.3 is 14.8 Å². The number of aromatic nitrogens is 2. The largest absolute Gasteiger partial charge is 0.310 e. The third-order valence-electron chi connectivity index (χ3n) is 5.61. The molecule has 0 spiro atoms. The van der Waals surface area contributed by atoms with Crippen LogP contribution in [0.2, 0.25) is 10.0 Å². The first kappa shape index (κ1) is 26.8. The Balaban J connectivity index is 0.00000181. The van der Waals surface area contributed by atoms with E-state index in [9.17, 15) is 9.18 Å². The molecule has 1 aliphatic rings. The van der Waals surface area contributed by atoms with Crippen molar-refractivity contribution in [2.24, 2.45) is 0 Å². The molecule has 32 heavy (non-hydrogen) atoms. The second-order valence-electron chi connectivity index (χ2n) is 7.63. The van der Waals surface area contributed by atoms with Crippen LogP contribution in [0, 0.1) is 5.82 Å². The van der Waals surface area contributed by atoms with Crippen molar-refractivity contribution < 1.29 is 4.39 Å². The van der Waals surface area contributed by atoms with Gasteiger partial charge in [-0.1, -0.05) is 29.3 Å². The fraction of sp³-hybridized carbons (Fsp3) is 0.364. The van der Waals surface area contributed by atoms with E-state index in [0.29, 0.717) is 33.7 Å². The number of nitrogens with zero attached hydrogens (tertiary/aromatic N) is 3. The molecule has 174 valence electrons. The summed E-state index contributed by atoms with van der Waals surface area (Å²) in [5.74, 6) is -0.435. The number of hydrogen-bond acceptors (Lipinski definition) is 4. The molecule has 3 aromatic rings. The van der Waals surface area contributed by atoms with E-state index in [-0.39, 0.29) is 30.4 Å². The number of likely N-dealkylation sites (tertiary alicyclic amines) is 1. The van der Waals surface area contributed by atoms with Crippen LogP contribution in [0.25, 0.3) is 11.0 Å². The average Bonchev–Trinajstić information content (AvgIpc) is 2.74. The van der Waals surface area contributed by atoms with Crippen LogP contribution >= 0.6 is 48.0 Å². The maximum absolute atomic E-state index is 13.6. The minimum Gasteiger partial charge on any atom is -0.310 e. The topological polar surface area (TPSA) is 50.2 Å². The molecule has 1 saturated heterocycles. The van der Waals surface area contributed by atoms with E-state index >= 15 is 0 Å². The number of fused-ring (bicyclic) bond motifs is 1. The Morgan fingerprint density at radius 2 is 1.78 bits per heavy atom. The Morgan fingerprint density at radius 1 is 1.03 bits per heavy atom. The highest BCUT2D eigenvalue weighted by Gasteiger charge is 2.19. The summed E-state index contributed by atoms with van der Waals surface area (Å²) in [5.41, 5.74) is 2.15. The first-order valence-electron chi connectivity index (χ1n) is 10.0. The molecule has 0 saturated carbocycles. The number of nitrogens with one attached hydrogen (secondary N) is 1. The smallest absolute Gasteiger partial charge is 0.251 e. The highest BCUT2D eigenvalue weighted by molar-refractivity contribution is 6.42. The number of hydrogen-bond donors (Lipinski definition) is 1. The second-order valence-corrected chi connectivity index (χ2v) is 8.44. The van der Waals surface area contributed by atoms with Crippen molar-refractivity contribution in [3.8, 4) is 0 Å². The van der Waals surface area contributed by atoms with Crippen LogP contribution in [-0.4, -0.2) is 40.1 Å². The van der Waals surface area contributed by atoms with E-state index in [0.717, 1.165) is 44.6 Å². The van der Waals surface area contributed by atoms with Gasteiger partial charge in [0.05, 0.1) is 27.3 Å². The Labute approximate surface area is 208 Å². The summed E-state index contributed by atoms with van der Waals surface area (Å²) in [6, 6.07) is 10.6. The lowest BCUT2D eigenvalue weighted by molar-refractivity contribution is 0.191. The van der Waals surface area contributed by atoms with E-state index in [1.54, 1.807) is 10.6 Å². The second kappa shape index (κ2) is 12.2. The monoisotopic (exact) mass is 520 g/mol. The zero-order valence-electron chi connectivity index (χ0n) is 17.3. The molecule has 5 nitrogen and oxygen atoms in total. The van der Waals surface area contributed by atoms with Gasteiger partial charge in [0, 0.05) is 37.8 Å². The Hall–Kier alpha value is -1.41. The average molecular weight is 522 g/mol. The fourth-order valence-electron chi connectivity index (χ4n) is 3.89. The lowest BCUT2D eigenvalue weighted by Crippen LogP contribution is -2.43. The summed E-state index contributed by atoms with van der Waals surface area (Å²) in [6.45, 7) is 3.92. The van der Waals surface area contributed by atoms with Crippen LogP contribution in [0.1, 0.15) is 18.4 Å². The van der Waals surface area contributed by atoms with Gasteiger partial charge in [-0.05, 0) is 49.7 Å². The third-order valence-corrected chi connectivity index (χ3v) is 6.35. The molecule has 10 heteroatoms. The maximum Gasteiger partial charge on any atom is 0.251 e. The normalized spacial score (nSPS) is 14.7. The van der Waals surface area contributed by atoms with E-state index in [1.165, 1.54) is 18.3 Å². The maximum atomic E-state index is 13.6. The third kappa shape index (κ3) is 6.56. The summed E-state index contributed by atoms with van der Waals surface area (Å²) in [4.78, 5) is 18.7. The summed E-state index contributed by atoms with van der Waals surface area (Å²) in [7, 11) is 0. The number of benzene rings is 1. The van der Waals surface area contributed by atoms with Gasteiger partial charge in [-0.25, -0.2) is 4.39 Å². The number of halogens is 5. The molecular weight excluding hydrogens is 497 g/mol. The number of piperidine rings is 1. The molecule has 3 heterocycles. The van der Waals surface area contributed by atoms with E-state index < -0.39 is 5.82 Å². The van der Waals surface area contributed by atoms with E-state index in [1.807, 2.05) is 18.2 Å². The fourth-order valence-corrected chi connectivity index (χ4v) is 4.21.